The molecule has 1 saturated heterocycles. The number of amides is 2. The van der Waals surface area contributed by atoms with Crippen molar-refractivity contribution in [3.05, 3.63) is 0 Å². The second kappa shape index (κ2) is 4.24. The quantitative estimate of drug-likeness (QED) is 0.526. The Balaban J connectivity index is 3.15. The molecule has 0 radical (unpaired) electrons. The molecule has 1 aliphatic heterocycles. The fraction of sp³-hybridized carbons (Fsp3) is 0.818. The van der Waals surface area contributed by atoms with Crippen LogP contribution in [0.4, 0.5) is 4.79 Å². The van der Waals surface area contributed by atoms with Gasteiger partial charge >= 0.3 is 5.37 Å². The first-order valence-electron chi connectivity index (χ1n) is 5.46. The molecule has 0 spiro atoms. The smallest absolute Gasteiger partial charge is 0.318 e. The van der Waals surface area contributed by atoms with Crippen LogP contribution in [0, 0.1) is 5.41 Å². The standard InChI is InChI=1S/C11H19ClN2O2/c1-6-7-8(15)13(5)9(11(2,3)4)14(7)10(12)16/h7,9H,6H2,1-5H3/t7-,9-/m0/s1. The molecule has 1 fully saturated rings. The normalized spacial score (nSPS) is 26.5. The molecule has 92 valence electrons. The van der Waals surface area contributed by atoms with Gasteiger partial charge in [-0.1, -0.05) is 27.7 Å². The minimum Gasteiger partial charge on any atom is -0.323 e. The minimum atomic E-state index is -0.551. The largest absolute Gasteiger partial charge is 0.323 e. The first kappa shape index (κ1) is 13.3. The Hall–Kier alpha value is -0.770. The Morgan fingerprint density at radius 3 is 2.25 bits per heavy atom. The van der Waals surface area contributed by atoms with E-state index in [4.69, 9.17) is 11.6 Å². The van der Waals surface area contributed by atoms with E-state index in [1.807, 2.05) is 27.7 Å². The van der Waals surface area contributed by atoms with Crippen molar-refractivity contribution in [2.45, 2.75) is 46.3 Å². The number of nitrogens with zero attached hydrogens (tertiary/aromatic N) is 2. The Kier molecular flexibility index (Phi) is 3.53. The summed E-state index contributed by atoms with van der Waals surface area (Å²) in [6.07, 6.45) is 0.323. The van der Waals surface area contributed by atoms with Crippen molar-refractivity contribution in [1.82, 2.24) is 9.80 Å². The van der Waals surface area contributed by atoms with Crippen LogP contribution in [0.5, 0.6) is 0 Å². The SMILES string of the molecule is CC[C@H]1C(=O)N(C)[C@H](C(C)(C)C)N1C(=O)Cl. The number of likely N-dealkylation sites (N-methyl/N-ethyl adjacent to an activating group) is 1. The molecule has 0 N–H and O–H groups in total. The number of hydrogen-bond donors (Lipinski definition) is 0. The van der Waals surface area contributed by atoms with Gasteiger partial charge in [-0.05, 0) is 18.0 Å². The van der Waals surface area contributed by atoms with Crippen LogP contribution in [-0.2, 0) is 4.79 Å². The van der Waals surface area contributed by atoms with Crippen LogP contribution in [0.1, 0.15) is 34.1 Å². The number of rotatable bonds is 1. The van der Waals surface area contributed by atoms with Crippen molar-refractivity contribution in [2.24, 2.45) is 5.41 Å². The number of halogens is 1. The van der Waals surface area contributed by atoms with E-state index >= 15 is 0 Å². The zero-order chi connectivity index (χ0) is 12.7. The number of hydrogen-bond acceptors (Lipinski definition) is 2. The highest BCUT2D eigenvalue weighted by molar-refractivity contribution is 6.63. The van der Waals surface area contributed by atoms with Gasteiger partial charge in [-0.15, -0.1) is 0 Å². The molecular weight excluding hydrogens is 228 g/mol. The van der Waals surface area contributed by atoms with E-state index in [1.54, 1.807) is 11.9 Å². The third kappa shape index (κ3) is 2.03. The van der Waals surface area contributed by atoms with E-state index in [-0.39, 0.29) is 17.5 Å². The monoisotopic (exact) mass is 246 g/mol. The average Bonchev–Trinajstić information content (AvgIpc) is 2.38. The van der Waals surface area contributed by atoms with Gasteiger partial charge in [0.1, 0.15) is 12.2 Å². The molecule has 0 saturated carbocycles. The third-order valence-electron chi connectivity index (χ3n) is 2.96. The minimum absolute atomic E-state index is 0.0311. The van der Waals surface area contributed by atoms with Crippen molar-refractivity contribution in [2.75, 3.05) is 7.05 Å². The average molecular weight is 247 g/mol. The van der Waals surface area contributed by atoms with Gasteiger partial charge in [0.2, 0.25) is 5.91 Å². The summed E-state index contributed by atoms with van der Waals surface area (Å²) in [5, 5.41) is -0.551. The molecule has 2 atom stereocenters. The summed E-state index contributed by atoms with van der Waals surface area (Å²) < 4.78 is 0. The first-order valence-corrected chi connectivity index (χ1v) is 5.84. The summed E-state index contributed by atoms with van der Waals surface area (Å²) in [7, 11) is 1.72. The summed E-state index contributed by atoms with van der Waals surface area (Å²) in [5.41, 5.74) is -0.209. The number of carbonyl (C=O) groups is 2. The second-order valence-corrected chi connectivity index (χ2v) is 5.60. The van der Waals surface area contributed by atoms with Crippen LogP contribution in [0.2, 0.25) is 0 Å². The fourth-order valence-corrected chi connectivity index (χ4v) is 2.63. The van der Waals surface area contributed by atoms with Crippen molar-refractivity contribution >= 4 is 22.9 Å². The Morgan fingerprint density at radius 1 is 1.44 bits per heavy atom. The van der Waals surface area contributed by atoms with Gasteiger partial charge < -0.3 is 4.90 Å². The highest BCUT2D eigenvalue weighted by atomic mass is 35.5. The molecule has 0 aromatic rings. The molecule has 2 amide bonds. The Labute approximate surface area is 102 Å². The van der Waals surface area contributed by atoms with Crippen LogP contribution >= 0.6 is 11.6 Å². The zero-order valence-corrected chi connectivity index (χ0v) is 11.2. The van der Waals surface area contributed by atoms with Gasteiger partial charge in [0.05, 0.1) is 0 Å². The predicted octanol–water partition coefficient (Wildman–Crippen LogP) is 2.27. The maximum Gasteiger partial charge on any atom is 0.318 e. The zero-order valence-electron chi connectivity index (χ0n) is 10.5. The topological polar surface area (TPSA) is 40.6 Å². The van der Waals surface area contributed by atoms with Gasteiger partial charge in [0.25, 0.3) is 0 Å². The molecule has 1 heterocycles. The summed E-state index contributed by atoms with van der Waals surface area (Å²) in [4.78, 5) is 26.6. The van der Waals surface area contributed by atoms with Crippen molar-refractivity contribution in [3.63, 3.8) is 0 Å². The molecule has 0 bridgehead atoms. The Bertz CT molecular complexity index is 312. The van der Waals surface area contributed by atoms with E-state index in [2.05, 4.69) is 0 Å². The van der Waals surface area contributed by atoms with E-state index in [0.717, 1.165) is 0 Å². The molecule has 0 aromatic heterocycles. The van der Waals surface area contributed by atoms with Gasteiger partial charge in [0.15, 0.2) is 0 Å². The predicted molar refractivity (Wildman–Crippen MR) is 63.2 cm³/mol. The van der Waals surface area contributed by atoms with Gasteiger partial charge in [-0.2, -0.15) is 0 Å². The molecule has 0 aliphatic carbocycles. The highest BCUT2D eigenvalue weighted by Crippen LogP contribution is 2.35. The summed E-state index contributed by atoms with van der Waals surface area (Å²) in [6, 6.07) is -0.417. The molecule has 1 aliphatic rings. The van der Waals surface area contributed by atoms with Gasteiger partial charge in [-0.3, -0.25) is 14.5 Å². The lowest BCUT2D eigenvalue weighted by atomic mass is 9.91. The molecule has 1 rings (SSSR count). The molecule has 0 aromatic carbocycles. The van der Waals surface area contributed by atoms with Crippen LogP contribution in [0.25, 0.3) is 0 Å². The highest BCUT2D eigenvalue weighted by Gasteiger charge is 2.50. The van der Waals surface area contributed by atoms with Crippen LogP contribution < -0.4 is 0 Å². The Morgan fingerprint density at radius 2 is 1.94 bits per heavy atom. The maximum atomic E-state index is 12.0. The van der Waals surface area contributed by atoms with Crippen LogP contribution in [0.15, 0.2) is 0 Å². The van der Waals surface area contributed by atoms with Crippen LogP contribution in [0.3, 0.4) is 0 Å². The van der Waals surface area contributed by atoms with E-state index in [1.165, 1.54) is 4.90 Å². The fourth-order valence-electron chi connectivity index (χ4n) is 2.42. The molecular formula is C11H19ClN2O2. The lowest BCUT2D eigenvalue weighted by Crippen LogP contribution is -2.49. The first-order chi connectivity index (χ1) is 7.21. The number of carbonyl (C=O) groups excluding carboxylic acids is 2. The third-order valence-corrected chi connectivity index (χ3v) is 3.16. The van der Waals surface area contributed by atoms with E-state index in [0.29, 0.717) is 6.42 Å². The van der Waals surface area contributed by atoms with Crippen molar-refractivity contribution in [1.29, 1.82) is 0 Å². The maximum absolute atomic E-state index is 12.0. The van der Waals surface area contributed by atoms with Gasteiger partial charge in [0, 0.05) is 12.5 Å². The van der Waals surface area contributed by atoms with Gasteiger partial charge in [-0.25, -0.2) is 0 Å². The molecule has 0 unspecified atom stereocenters. The molecule has 4 nitrogen and oxygen atoms in total. The van der Waals surface area contributed by atoms with Crippen molar-refractivity contribution in [3.8, 4) is 0 Å². The van der Waals surface area contributed by atoms with E-state index < -0.39 is 11.4 Å². The molecule has 5 heteroatoms. The lowest BCUT2D eigenvalue weighted by molar-refractivity contribution is -0.129. The lowest BCUT2D eigenvalue weighted by Gasteiger charge is -2.37. The second-order valence-electron chi connectivity index (χ2n) is 5.27. The summed E-state index contributed by atoms with van der Waals surface area (Å²) in [5.74, 6) is -0.0311. The summed E-state index contributed by atoms with van der Waals surface area (Å²) >= 11 is 5.60. The summed E-state index contributed by atoms with van der Waals surface area (Å²) in [6.45, 7) is 7.86. The van der Waals surface area contributed by atoms with Crippen molar-refractivity contribution < 1.29 is 9.59 Å². The van der Waals surface area contributed by atoms with E-state index in [9.17, 15) is 9.59 Å². The molecule has 16 heavy (non-hydrogen) atoms. The van der Waals surface area contributed by atoms with Crippen LogP contribution in [-0.4, -0.2) is 40.3 Å².